The fraction of sp³-hybridized carbons (Fsp3) is 0.429. The van der Waals surface area contributed by atoms with Crippen molar-refractivity contribution in [2.24, 2.45) is 0 Å². The number of ether oxygens (including phenoxy) is 1. The fourth-order valence-corrected chi connectivity index (χ4v) is 2.72. The van der Waals surface area contributed by atoms with Gasteiger partial charge in [0.25, 0.3) is 0 Å². The first-order valence-corrected chi connectivity index (χ1v) is 6.67. The Morgan fingerprint density at radius 2 is 2.25 bits per heavy atom. The van der Waals surface area contributed by atoms with Gasteiger partial charge in [0, 0.05) is 17.0 Å². The average Bonchev–Trinajstić information content (AvgIpc) is 2.81. The van der Waals surface area contributed by atoms with Gasteiger partial charge in [-0.25, -0.2) is 9.18 Å². The molecule has 0 radical (unpaired) electrons. The van der Waals surface area contributed by atoms with Crippen LogP contribution in [-0.2, 0) is 14.3 Å². The number of halogens is 2. The molecule has 0 saturated carbocycles. The van der Waals surface area contributed by atoms with Crippen molar-refractivity contribution >= 4 is 23.5 Å². The lowest BCUT2D eigenvalue weighted by Crippen LogP contribution is -2.41. The molecule has 1 aliphatic rings. The second-order valence-electron chi connectivity index (χ2n) is 4.72. The van der Waals surface area contributed by atoms with Crippen LogP contribution in [-0.4, -0.2) is 29.9 Å². The number of carbonyl (C=O) groups excluding carboxylic acids is 2. The molecule has 2 rings (SSSR count). The number of carbonyl (C=O) groups is 2. The molecule has 2 atom stereocenters. The quantitative estimate of drug-likeness (QED) is 0.806. The van der Waals surface area contributed by atoms with Crippen molar-refractivity contribution in [3.63, 3.8) is 0 Å². The molecule has 0 bridgehead atoms. The number of amides is 1. The molecule has 6 heteroatoms. The van der Waals surface area contributed by atoms with E-state index in [0.717, 1.165) is 0 Å². The molecule has 4 nitrogen and oxygen atoms in total. The molecule has 0 aliphatic carbocycles. The Kier molecular flexibility index (Phi) is 4.28. The van der Waals surface area contributed by atoms with E-state index in [-0.39, 0.29) is 12.3 Å². The summed E-state index contributed by atoms with van der Waals surface area (Å²) < 4.78 is 18.6. The van der Waals surface area contributed by atoms with Gasteiger partial charge in [-0.15, -0.1) is 0 Å². The second-order valence-corrected chi connectivity index (χ2v) is 5.16. The van der Waals surface area contributed by atoms with Crippen molar-refractivity contribution in [1.29, 1.82) is 0 Å². The molecule has 0 aromatic heterocycles. The maximum atomic E-state index is 13.9. The van der Waals surface area contributed by atoms with Gasteiger partial charge in [0.05, 0.1) is 13.2 Å². The van der Waals surface area contributed by atoms with Crippen LogP contribution in [0.4, 0.5) is 4.39 Å². The second kappa shape index (κ2) is 5.79. The molecule has 1 saturated heterocycles. The molecule has 1 heterocycles. The zero-order chi connectivity index (χ0) is 14.9. The maximum Gasteiger partial charge on any atom is 0.328 e. The van der Waals surface area contributed by atoms with Crippen LogP contribution in [0.3, 0.4) is 0 Å². The van der Waals surface area contributed by atoms with Crippen LogP contribution in [0.1, 0.15) is 31.4 Å². The van der Waals surface area contributed by atoms with Crippen LogP contribution in [0.2, 0.25) is 5.02 Å². The third-order valence-corrected chi connectivity index (χ3v) is 3.79. The molecule has 1 aliphatic heterocycles. The summed E-state index contributed by atoms with van der Waals surface area (Å²) in [4.78, 5) is 25.1. The zero-order valence-electron chi connectivity index (χ0n) is 11.2. The summed E-state index contributed by atoms with van der Waals surface area (Å²) in [6.45, 7) is 1.67. The lowest BCUT2D eigenvalue weighted by molar-refractivity contribution is -0.150. The predicted molar refractivity (Wildman–Crippen MR) is 71.7 cm³/mol. The predicted octanol–water partition coefficient (Wildman–Crippen LogP) is 2.70. The van der Waals surface area contributed by atoms with Crippen molar-refractivity contribution < 1.29 is 18.7 Å². The van der Waals surface area contributed by atoms with Crippen molar-refractivity contribution in [1.82, 2.24) is 4.90 Å². The Bertz CT molecular complexity index is 549. The van der Waals surface area contributed by atoms with E-state index in [1.807, 2.05) is 0 Å². The van der Waals surface area contributed by atoms with Crippen LogP contribution >= 0.6 is 11.6 Å². The molecule has 1 amide bonds. The molecule has 2 unspecified atom stereocenters. The lowest BCUT2D eigenvalue weighted by Gasteiger charge is -2.30. The van der Waals surface area contributed by atoms with Gasteiger partial charge < -0.3 is 9.64 Å². The summed E-state index contributed by atoms with van der Waals surface area (Å²) in [6, 6.07) is 2.92. The van der Waals surface area contributed by atoms with E-state index in [1.54, 1.807) is 6.92 Å². The Morgan fingerprint density at radius 3 is 2.90 bits per heavy atom. The molecule has 0 spiro atoms. The third-order valence-electron chi connectivity index (χ3n) is 3.55. The molecule has 1 aromatic carbocycles. The van der Waals surface area contributed by atoms with Gasteiger partial charge in [0.1, 0.15) is 11.9 Å². The van der Waals surface area contributed by atoms with Gasteiger partial charge in [-0.2, -0.15) is 0 Å². The number of likely N-dealkylation sites (tertiary alicyclic amines) is 1. The standard InChI is InChI=1S/C14H15ClFNO3/c1-8(10-7-9(15)3-4-11(10)16)17-12(14(19)20-2)5-6-13(17)18/h3-4,7-8,12H,5-6H2,1-2H3. The summed E-state index contributed by atoms with van der Waals surface area (Å²) in [6.07, 6.45) is 0.643. The summed E-state index contributed by atoms with van der Waals surface area (Å²) >= 11 is 5.87. The van der Waals surface area contributed by atoms with E-state index in [4.69, 9.17) is 16.3 Å². The van der Waals surface area contributed by atoms with Crippen molar-refractivity contribution in [2.45, 2.75) is 31.8 Å². The Balaban J connectivity index is 2.34. The summed E-state index contributed by atoms with van der Waals surface area (Å²) in [7, 11) is 1.27. The van der Waals surface area contributed by atoms with E-state index in [1.165, 1.54) is 30.2 Å². The number of methoxy groups -OCH3 is 1. The minimum atomic E-state index is -0.666. The van der Waals surface area contributed by atoms with E-state index < -0.39 is 23.9 Å². The van der Waals surface area contributed by atoms with E-state index >= 15 is 0 Å². The summed E-state index contributed by atoms with van der Waals surface area (Å²) in [5.41, 5.74) is 0.293. The molecule has 1 aromatic rings. The minimum absolute atomic E-state index is 0.188. The Morgan fingerprint density at radius 1 is 1.55 bits per heavy atom. The van der Waals surface area contributed by atoms with Crippen LogP contribution < -0.4 is 0 Å². The fourth-order valence-electron chi connectivity index (χ4n) is 2.54. The van der Waals surface area contributed by atoms with E-state index in [9.17, 15) is 14.0 Å². The van der Waals surface area contributed by atoms with Gasteiger partial charge >= 0.3 is 5.97 Å². The van der Waals surface area contributed by atoms with Gasteiger partial charge in [-0.3, -0.25) is 4.79 Å². The van der Waals surface area contributed by atoms with Crippen molar-refractivity contribution in [3.05, 3.63) is 34.6 Å². The number of hydrogen-bond donors (Lipinski definition) is 0. The maximum absolute atomic E-state index is 13.9. The van der Waals surface area contributed by atoms with E-state index in [2.05, 4.69) is 0 Å². The first kappa shape index (κ1) is 14.8. The highest BCUT2D eigenvalue weighted by molar-refractivity contribution is 6.30. The molecule has 20 heavy (non-hydrogen) atoms. The number of rotatable bonds is 3. The molecule has 0 N–H and O–H groups in total. The number of hydrogen-bond acceptors (Lipinski definition) is 3. The Hall–Kier alpha value is -1.62. The van der Waals surface area contributed by atoms with E-state index in [0.29, 0.717) is 17.0 Å². The molecular formula is C14H15ClFNO3. The third kappa shape index (κ3) is 2.63. The Labute approximate surface area is 121 Å². The molecular weight excluding hydrogens is 285 g/mol. The highest BCUT2D eigenvalue weighted by Crippen LogP contribution is 2.33. The highest BCUT2D eigenvalue weighted by atomic mass is 35.5. The SMILES string of the molecule is COC(=O)C1CCC(=O)N1C(C)c1cc(Cl)ccc1F. The van der Waals surface area contributed by atoms with Crippen LogP contribution in [0.15, 0.2) is 18.2 Å². The monoisotopic (exact) mass is 299 g/mol. The largest absolute Gasteiger partial charge is 0.467 e. The summed E-state index contributed by atoms with van der Waals surface area (Å²) in [5, 5.41) is 0.384. The normalized spacial score (nSPS) is 20.1. The number of nitrogens with zero attached hydrogens (tertiary/aromatic N) is 1. The van der Waals surface area contributed by atoms with Crippen LogP contribution in [0.25, 0.3) is 0 Å². The van der Waals surface area contributed by atoms with Crippen molar-refractivity contribution in [2.75, 3.05) is 7.11 Å². The average molecular weight is 300 g/mol. The van der Waals surface area contributed by atoms with Gasteiger partial charge in [-0.1, -0.05) is 11.6 Å². The summed E-state index contributed by atoms with van der Waals surface area (Å²) in [5.74, 6) is -1.12. The first-order valence-electron chi connectivity index (χ1n) is 6.29. The first-order chi connectivity index (χ1) is 9.45. The number of esters is 1. The highest BCUT2D eigenvalue weighted by Gasteiger charge is 2.40. The van der Waals surface area contributed by atoms with Gasteiger partial charge in [0.15, 0.2) is 0 Å². The smallest absolute Gasteiger partial charge is 0.328 e. The van der Waals surface area contributed by atoms with Crippen LogP contribution in [0, 0.1) is 5.82 Å². The molecule has 108 valence electrons. The number of benzene rings is 1. The topological polar surface area (TPSA) is 46.6 Å². The van der Waals surface area contributed by atoms with Gasteiger partial charge in [0.2, 0.25) is 5.91 Å². The molecule has 1 fully saturated rings. The zero-order valence-corrected chi connectivity index (χ0v) is 12.0. The minimum Gasteiger partial charge on any atom is -0.467 e. The van der Waals surface area contributed by atoms with Gasteiger partial charge in [-0.05, 0) is 31.5 Å². The van der Waals surface area contributed by atoms with Crippen molar-refractivity contribution in [3.8, 4) is 0 Å². The lowest BCUT2D eigenvalue weighted by atomic mass is 10.1. The van der Waals surface area contributed by atoms with Crippen LogP contribution in [0.5, 0.6) is 0 Å².